The molecule has 0 spiro atoms. The van der Waals surface area contributed by atoms with Gasteiger partial charge in [0.05, 0.1) is 0 Å². The van der Waals surface area contributed by atoms with E-state index in [0.29, 0.717) is 11.4 Å². The number of aromatic hydroxyl groups is 2. The van der Waals surface area contributed by atoms with Crippen molar-refractivity contribution in [2.24, 2.45) is 0 Å². The zero-order valence-corrected chi connectivity index (χ0v) is 13.6. The van der Waals surface area contributed by atoms with Gasteiger partial charge in [0.15, 0.2) is 0 Å². The van der Waals surface area contributed by atoms with Crippen molar-refractivity contribution < 1.29 is 10.2 Å². The fourth-order valence-electron chi connectivity index (χ4n) is 3.30. The Bertz CT molecular complexity index is 942. The van der Waals surface area contributed by atoms with Gasteiger partial charge in [0, 0.05) is 11.4 Å². The molecular weight excluding hydrogens is 320 g/mol. The highest BCUT2D eigenvalue weighted by atomic mass is 35.5. The fourth-order valence-corrected chi connectivity index (χ4v) is 3.58. The van der Waals surface area contributed by atoms with Crippen molar-refractivity contribution in [3.63, 3.8) is 0 Å². The van der Waals surface area contributed by atoms with Gasteiger partial charge in [-0.1, -0.05) is 54.1 Å². The van der Waals surface area contributed by atoms with Crippen LogP contribution >= 0.6 is 11.6 Å². The first-order valence-electron chi connectivity index (χ1n) is 7.73. The maximum Gasteiger partial charge on any atom is 0.117 e. The molecule has 0 radical (unpaired) electrons. The SMILES string of the molecule is Oc1ccc(C2=C(c3ccccc3)c3cc(O)cc(Cl)c3C2)cc1. The van der Waals surface area contributed by atoms with Crippen LogP contribution in [0.15, 0.2) is 66.7 Å². The minimum Gasteiger partial charge on any atom is -0.508 e. The number of phenolic OH excluding ortho intramolecular Hbond substituents is 2. The van der Waals surface area contributed by atoms with Gasteiger partial charge in [-0.05, 0) is 57.7 Å². The van der Waals surface area contributed by atoms with Gasteiger partial charge in [0.25, 0.3) is 0 Å². The van der Waals surface area contributed by atoms with Gasteiger partial charge in [-0.3, -0.25) is 0 Å². The molecule has 0 saturated carbocycles. The van der Waals surface area contributed by atoms with Gasteiger partial charge >= 0.3 is 0 Å². The Hall–Kier alpha value is -2.71. The van der Waals surface area contributed by atoms with Crippen LogP contribution in [0, 0.1) is 0 Å². The molecule has 3 heteroatoms. The smallest absolute Gasteiger partial charge is 0.117 e. The Morgan fingerprint density at radius 2 is 1.46 bits per heavy atom. The summed E-state index contributed by atoms with van der Waals surface area (Å²) in [6, 6.07) is 20.7. The molecule has 3 aromatic rings. The Labute approximate surface area is 145 Å². The molecule has 1 aliphatic rings. The minimum atomic E-state index is 0.166. The number of allylic oxidation sites excluding steroid dienone is 1. The number of rotatable bonds is 2. The number of halogens is 1. The molecule has 0 atom stereocenters. The first-order chi connectivity index (χ1) is 11.6. The lowest BCUT2D eigenvalue weighted by molar-refractivity contribution is 0.474. The molecule has 2 N–H and O–H groups in total. The van der Waals surface area contributed by atoms with Crippen molar-refractivity contribution >= 4 is 22.7 Å². The summed E-state index contributed by atoms with van der Waals surface area (Å²) in [6.45, 7) is 0. The first-order valence-corrected chi connectivity index (χ1v) is 8.11. The summed E-state index contributed by atoms with van der Waals surface area (Å²) < 4.78 is 0. The van der Waals surface area contributed by atoms with Crippen molar-refractivity contribution in [1.29, 1.82) is 0 Å². The number of benzene rings is 3. The molecule has 118 valence electrons. The highest BCUT2D eigenvalue weighted by molar-refractivity contribution is 6.32. The lowest BCUT2D eigenvalue weighted by Gasteiger charge is -2.10. The molecule has 0 aromatic heterocycles. The summed E-state index contributed by atoms with van der Waals surface area (Å²) in [5.74, 6) is 0.408. The van der Waals surface area contributed by atoms with E-state index in [-0.39, 0.29) is 11.5 Å². The lowest BCUT2D eigenvalue weighted by Crippen LogP contribution is -1.89. The third kappa shape index (κ3) is 2.45. The Morgan fingerprint density at radius 3 is 2.17 bits per heavy atom. The number of phenols is 2. The molecule has 3 aromatic carbocycles. The largest absolute Gasteiger partial charge is 0.508 e. The summed E-state index contributed by atoms with van der Waals surface area (Å²) in [4.78, 5) is 0. The molecule has 0 aliphatic heterocycles. The normalized spacial score (nSPS) is 13.2. The van der Waals surface area contributed by atoms with Crippen LogP contribution in [0.1, 0.15) is 22.3 Å². The van der Waals surface area contributed by atoms with Crippen LogP contribution in [0.4, 0.5) is 0 Å². The lowest BCUT2D eigenvalue weighted by atomic mass is 9.94. The zero-order valence-electron chi connectivity index (χ0n) is 12.8. The Balaban J connectivity index is 1.98. The summed E-state index contributed by atoms with van der Waals surface area (Å²) in [6.07, 6.45) is 0.698. The molecule has 0 heterocycles. The molecule has 24 heavy (non-hydrogen) atoms. The van der Waals surface area contributed by atoms with Gasteiger partial charge in [-0.25, -0.2) is 0 Å². The summed E-state index contributed by atoms with van der Waals surface area (Å²) in [5.41, 5.74) is 6.34. The molecule has 0 fully saturated rings. The molecular formula is C21H15ClO2. The van der Waals surface area contributed by atoms with E-state index in [1.54, 1.807) is 24.3 Å². The van der Waals surface area contributed by atoms with Gasteiger partial charge in [-0.2, -0.15) is 0 Å². The van der Waals surface area contributed by atoms with Crippen LogP contribution in [0.3, 0.4) is 0 Å². The third-order valence-corrected chi connectivity index (χ3v) is 4.72. The van der Waals surface area contributed by atoms with Crippen molar-refractivity contribution in [2.75, 3.05) is 0 Å². The van der Waals surface area contributed by atoms with Crippen molar-refractivity contribution in [3.8, 4) is 11.5 Å². The van der Waals surface area contributed by atoms with Crippen LogP contribution in [-0.2, 0) is 6.42 Å². The molecule has 2 nitrogen and oxygen atoms in total. The van der Waals surface area contributed by atoms with Crippen LogP contribution in [0.2, 0.25) is 5.02 Å². The van der Waals surface area contributed by atoms with Crippen molar-refractivity contribution in [3.05, 3.63) is 94.0 Å². The van der Waals surface area contributed by atoms with E-state index in [1.165, 1.54) is 0 Å². The van der Waals surface area contributed by atoms with E-state index >= 15 is 0 Å². The Kier molecular flexibility index (Phi) is 3.55. The van der Waals surface area contributed by atoms with Gasteiger partial charge in [0.1, 0.15) is 11.5 Å². The van der Waals surface area contributed by atoms with E-state index in [1.807, 2.05) is 30.3 Å². The van der Waals surface area contributed by atoms with E-state index in [0.717, 1.165) is 33.4 Å². The van der Waals surface area contributed by atoms with Gasteiger partial charge in [0.2, 0.25) is 0 Å². The highest BCUT2D eigenvalue weighted by Gasteiger charge is 2.26. The second kappa shape index (κ2) is 5.73. The summed E-state index contributed by atoms with van der Waals surface area (Å²) in [5, 5.41) is 20.1. The van der Waals surface area contributed by atoms with Crippen LogP contribution < -0.4 is 0 Å². The average molecular weight is 335 g/mol. The minimum absolute atomic E-state index is 0.166. The van der Waals surface area contributed by atoms with Crippen LogP contribution in [0.25, 0.3) is 11.1 Å². The van der Waals surface area contributed by atoms with Crippen molar-refractivity contribution in [1.82, 2.24) is 0 Å². The molecule has 0 saturated heterocycles. The molecule has 0 amide bonds. The van der Waals surface area contributed by atoms with E-state index in [4.69, 9.17) is 11.6 Å². The van der Waals surface area contributed by atoms with E-state index in [9.17, 15) is 10.2 Å². The topological polar surface area (TPSA) is 40.5 Å². The average Bonchev–Trinajstić information content (AvgIpc) is 2.96. The van der Waals surface area contributed by atoms with Gasteiger partial charge in [-0.15, -0.1) is 0 Å². The molecule has 0 unspecified atom stereocenters. The summed E-state index contributed by atoms with van der Waals surface area (Å²) >= 11 is 6.38. The standard InChI is InChI=1S/C21H15ClO2/c22-20-11-16(24)10-19-18(20)12-17(13-6-8-15(23)9-7-13)21(19)14-4-2-1-3-5-14/h1-11,23-24H,12H2. The second-order valence-corrected chi connectivity index (χ2v) is 6.30. The van der Waals surface area contributed by atoms with Crippen LogP contribution in [0.5, 0.6) is 11.5 Å². The highest BCUT2D eigenvalue weighted by Crippen LogP contribution is 2.46. The monoisotopic (exact) mass is 334 g/mol. The Morgan fingerprint density at radius 1 is 0.750 bits per heavy atom. The molecule has 4 rings (SSSR count). The molecule has 0 bridgehead atoms. The second-order valence-electron chi connectivity index (χ2n) is 5.90. The summed E-state index contributed by atoms with van der Waals surface area (Å²) in [7, 11) is 0. The van der Waals surface area contributed by atoms with E-state index < -0.39 is 0 Å². The predicted molar refractivity (Wildman–Crippen MR) is 97.3 cm³/mol. The fraction of sp³-hybridized carbons (Fsp3) is 0.0476. The maximum atomic E-state index is 10.00. The quantitative estimate of drug-likeness (QED) is 0.670. The van der Waals surface area contributed by atoms with Crippen molar-refractivity contribution in [2.45, 2.75) is 6.42 Å². The number of hydrogen-bond donors (Lipinski definition) is 2. The van der Waals surface area contributed by atoms with E-state index in [2.05, 4.69) is 12.1 Å². The number of fused-ring (bicyclic) bond motifs is 1. The molecule has 1 aliphatic carbocycles. The first kappa shape index (κ1) is 14.9. The predicted octanol–water partition coefficient (Wildman–Crippen LogP) is 5.27. The third-order valence-electron chi connectivity index (χ3n) is 4.38. The maximum absolute atomic E-state index is 10.00. The van der Waals surface area contributed by atoms with Crippen LogP contribution in [-0.4, -0.2) is 10.2 Å². The zero-order chi connectivity index (χ0) is 16.7. The number of hydrogen-bond acceptors (Lipinski definition) is 2. The van der Waals surface area contributed by atoms with Gasteiger partial charge < -0.3 is 10.2 Å².